The Morgan fingerprint density at radius 2 is 0.598 bits per heavy atom. The average molecular weight is 1680 g/mol. The number of unbranched alkanes of at least 4 members (excludes halogenated alkanes) is 4. The van der Waals surface area contributed by atoms with Gasteiger partial charge in [0, 0.05) is 181 Å². The van der Waals surface area contributed by atoms with Gasteiger partial charge in [-0.3, -0.25) is 81.5 Å². The topological polar surface area (TPSA) is 548 Å². The van der Waals surface area contributed by atoms with Crippen LogP contribution in [-0.2, 0) is 153 Å². The van der Waals surface area contributed by atoms with E-state index in [9.17, 15) is 86.6 Å². The van der Waals surface area contributed by atoms with Crippen molar-refractivity contribution in [2.45, 2.75) is 284 Å². The minimum absolute atomic E-state index is 0.00625. The van der Waals surface area contributed by atoms with Crippen LogP contribution in [0, 0.1) is 0 Å². The number of hydrogen-bond acceptors (Lipinski definition) is 34. The number of rotatable bonds is 53. The van der Waals surface area contributed by atoms with Gasteiger partial charge in [0.25, 0.3) is 0 Å². The van der Waals surface area contributed by atoms with Gasteiger partial charge in [-0.25, -0.2) is 0 Å². The van der Waals surface area contributed by atoms with Gasteiger partial charge in [0.15, 0.2) is 55.5 Å². The highest BCUT2D eigenvalue weighted by atomic mass is 16.7. The summed E-state index contributed by atoms with van der Waals surface area (Å²) < 4.78 is 84.8. The van der Waals surface area contributed by atoms with E-state index in [1.54, 1.807) is 9.80 Å². The fourth-order valence-corrected chi connectivity index (χ4v) is 12.7. The molecule has 3 heterocycles. The minimum atomic E-state index is -1.38. The zero-order valence-corrected chi connectivity index (χ0v) is 68.8. The molecule has 3 aliphatic heterocycles. The van der Waals surface area contributed by atoms with Gasteiger partial charge in [-0.05, 0) is 70.6 Å². The number of nitrogens with one attached hydrogen (secondary N) is 6. The lowest BCUT2D eigenvalue weighted by Gasteiger charge is -2.44. The van der Waals surface area contributed by atoms with Crippen molar-refractivity contribution in [3.8, 4) is 0 Å². The van der Waals surface area contributed by atoms with E-state index in [0.717, 1.165) is 62.3 Å². The summed E-state index contributed by atoms with van der Waals surface area (Å²) in [7, 11) is 0. The van der Waals surface area contributed by atoms with E-state index in [2.05, 4.69) is 31.9 Å². The van der Waals surface area contributed by atoms with Crippen molar-refractivity contribution in [3.05, 3.63) is 0 Å². The monoisotopic (exact) mass is 1680 g/mol. The quantitative estimate of drug-likeness (QED) is 0.0197. The van der Waals surface area contributed by atoms with Gasteiger partial charge in [0.05, 0.1) is 12.7 Å². The molecule has 16 atom stereocenters. The van der Waals surface area contributed by atoms with Crippen molar-refractivity contribution in [1.29, 1.82) is 0 Å². The Balaban J connectivity index is 1.80. The normalized spacial score (nSPS) is 22.9. The van der Waals surface area contributed by atoms with E-state index >= 15 is 0 Å². The molecule has 9 unspecified atom stereocenters. The Morgan fingerprint density at radius 3 is 0.880 bits per heavy atom. The molecule has 0 aliphatic carbocycles. The molecular weight excluding hydrogens is 1560 g/mol. The molecule has 0 spiro atoms. The predicted molar refractivity (Wildman–Crippen MR) is 399 cm³/mol. The largest absolute Gasteiger partial charge is 0.463 e. The minimum Gasteiger partial charge on any atom is -0.463 e. The molecule has 0 radical (unpaired) electrons. The van der Waals surface area contributed by atoms with Gasteiger partial charge < -0.3 is 123 Å². The number of aliphatic hydroxyl groups is 2. The third-order valence-electron chi connectivity index (χ3n) is 17.6. The van der Waals surface area contributed by atoms with E-state index in [-0.39, 0.29) is 192 Å². The van der Waals surface area contributed by atoms with Gasteiger partial charge in [-0.15, -0.1) is 0 Å². The van der Waals surface area contributed by atoms with E-state index in [1.807, 2.05) is 0 Å². The van der Waals surface area contributed by atoms with Gasteiger partial charge in [0.2, 0.25) is 47.3 Å². The molecule has 42 nitrogen and oxygen atoms in total. The zero-order valence-electron chi connectivity index (χ0n) is 68.8. The molecule has 0 aromatic rings. The lowest BCUT2D eigenvalue weighted by Crippen LogP contribution is -2.66. The number of amides is 8. The van der Waals surface area contributed by atoms with Crippen LogP contribution in [0.25, 0.3) is 0 Å². The van der Waals surface area contributed by atoms with Crippen LogP contribution >= 0.6 is 0 Å². The van der Waals surface area contributed by atoms with E-state index in [1.165, 1.54) is 20.8 Å². The number of nitrogens with zero attached hydrogens (tertiary/aromatic N) is 2. The summed E-state index contributed by atoms with van der Waals surface area (Å²) in [5.41, 5.74) is 0. The molecule has 0 aromatic heterocycles. The summed E-state index contributed by atoms with van der Waals surface area (Å²) in [4.78, 5) is 217. The van der Waals surface area contributed by atoms with Gasteiger partial charge in [-0.1, -0.05) is 0 Å². The van der Waals surface area contributed by atoms with Crippen molar-refractivity contribution in [2.75, 3.05) is 92.1 Å². The molecule has 664 valence electrons. The number of esters is 9. The van der Waals surface area contributed by atoms with Gasteiger partial charge >= 0.3 is 53.7 Å². The molecule has 8 N–H and O–H groups in total. The van der Waals surface area contributed by atoms with Crippen LogP contribution in [0.5, 0.6) is 0 Å². The van der Waals surface area contributed by atoms with Crippen LogP contribution in [0.4, 0.5) is 0 Å². The molecule has 42 heteroatoms. The summed E-state index contributed by atoms with van der Waals surface area (Å²) in [5.74, 6) is -10.3. The third kappa shape index (κ3) is 41.6. The molecule has 3 fully saturated rings. The Kier molecular flexibility index (Phi) is 48.2. The first-order valence-electron chi connectivity index (χ1n) is 39.1. The summed E-state index contributed by atoms with van der Waals surface area (Å²) in [6.07, 6.45) is -14.0. The predicted octanol–water partition coefficient (Wildman–Crippen LogP) is -1.39. The number of aliphatic hydroxyl groups excluding tert-OH is 2. The zero-order chi connectivity index (χ0) is 87.3. The summed E-state index contributed by atoms with van der Waals surface area (Å²) in [5, 5.41) is 35.0. The second-order valence-corrected chi connectivity index (χ2v) is 28.0. The Morgan fingerprint density at radius 1 is 0.333 bits per heavy atom. The van der Waals surface area contributed by atoms with Crippen LogP contribution in [0.2, 0.25) is 0 Å². The van der Waals surface area contributed by atoms with Gasteiger partial charge in [0.1, 0.15) is 56.3 Å². The Hall–Kier alpha value is -9.33. The fraction of sp³-hybridized carbons (Fsp3) is 0.773. The van der Waals surface area contributed by atoms with Crippen molar-refractivity contribution in [2.24, 2.45) is 0 Å². The smallest absolute Gasteiger partial charge is 0.303 e. The second-order valence-electron chi connectivity index (χ2n) is 28.0. The van der Waals surface area contributed by atoms with Crippen molar-refractivity contribution >= 4 is 101 Å². The standard InChI is InChI=1S/C75H120N8O34/c1-43(85)79-64-70(112-52(10)94)67(109-49(7)91)56(40-106-46(4)88)115-73(64)103-35-18-15-25-59(98)76-29-21-31-82(62(101)27-14-13-24-61(100)78-38-55(97)39-84)33-23-34-83(63(102)28-17-20-37-105-75-66(81-45(3)87)72(114-54(12)96)69(111-51(9)93)58(117-75)42-108-48(6)90)32-22-30-77-60(99)26-16-19-36-104-74-65(80-44(2)86)71(113-53(11)95)68(110-50(8)92)57(116-74)41-107-47(5)89/h55-58,64-75,84,97H,13-42H2,1-12H3,(H,76,98)(H,77,99)(H,78,100)(H,79,85)(H,80,86)(H,81,87)/t55?,56?,57?,58?,64?,65-,66?,67-,68-,69-,70?,71?,72?,73+,74+,75+/m0/s1. The van der Waals surface area contributed by atoms with E-state index in [4.69, 9.17) is 76.2 Å². The van der Waals surface area contributed by atoms with E-state index in [0.29, 0.717) is 0 Å². The number of ether oxygens (including phenoxy) is 15. The highest BCUT2D eigenvalue weighted by Gasteiger charge is 2.54. The molecule has 3 saturated heterocycles. The maximum Gasteiger partial charge on any atom is 0.303 e. The Bertz CT molecular complexity index is 3260. The molecule has 0 bridgehead atoms. The molecule has 3 rings (SSSR count). The Labute approximate surface area is 679 Å². The lowest BCUT2D eigenvalue weighted by atomic mass is 9.96. The van der Waals surface area contributed by atoms with Crippen molar-refractivity contribution in [1.82, 2.24) is 41.7 Å². The maximum absolute atomic E-state index is 14.4. The molecule has 0 saturated carbocycles. The highest BCUT2D eigenvalue weighted by Crippen LogP contribution is 2.32. The molecule has 117 heavy (non-hydrogen) atoms. The molecular formula is C75H120N8O34. The van der Waals surface area contributed by atoms with Crippen LogP contribution in [-0.4, -0.2) is 311 Å². The van der Waals surface area contributed by atoms with Crippen LogP contribution in [0.3, 0.4) is 0 Å². The van der Waals surface area contributed by atoms with Crippen molar-refractivity contribution < 1.29 is 163 Å². The first kappa shape index (κ1) is 102. The molecule has 8 amide bonds. The first-order chi connectivity index (χ1) is 55.4. The second kappa shape index (κ2) is 55.4. The molecule has 0 aromatic carbocycles. The maximum atomic E-state index is 14.4. The van der Waals surface area contributed by atoms with Crippen LogP contribution in [0.15, 0.2) is 0 Å². The summed E-state index contributed by atoms with van der Waals surface area (Å²) >= 11 is 0. The number of carbonyl (C=O) groups is 17. The summed E-state index contributed by atoms with van der Waals surface area (Å²) in [6, 6.07) is -3.65. The number of carbonyl (C=O) groups excluding carboxylic acids is 17. The fourth-order valence-electron chi connectivity index (χ4n) is 12.7. The first-order valence-corrected chi connectivity index (χ1v) is 39.1. The SMILES string of the molecule is CC(=O)NC1C(OC(C)=O)[C@@H](OC(C)=O)C(COC(C)=O)O[C@H]1OCCCCC(=O)NCCCN(CCCN(CCCNC(=O)CCCCO[C@@H]1OC(COC(C)=O)[C@H](OC(C)=O)C(OC(C)=O)[C@@H]1NC(C)=O)C(=O)CCCCO[C@@H]1OC(COC(C)=O)[C@H](OC(C)=O)C(OC(C)=O)C1NC(C)=O)C(=O)CCCCC(=O)NCC(O)CO. The highest BCUT2D eigenvalue weighted by molar-refractivity contribution is 5.79. The number of hydrogen-bond donors (Lipinski definition) is 8. The van der Waals surface area contributed by atoms with E-state index < -0.39 is 202 Å². The third-order valence-corrected chi connectivity index (χ3v) is 17.6. The lowest BCUT2D eigenvalue weighted by molar-refractivity contribution is -0.277. The average Bonchev–Trinajstić information content (AvgIpc) is 0.798. The molecule has 3 aliphatic rings. The van der Waals surface area contributed by atoms with Gasteiger partial charge in [-0.2, -0.15) is 0 Å². The summed E-state index contributed by atoms with van der Waals surface area (Å²) in [6.45, 7) is 12.1. The van der Waals surface area contributed by atoms with Crippen LogP contribution in [0.1, 0.15) is 186 Å². The van der Waals surface area contributed by atoms with Crippen LogP contribution < -0.4 is 31.9 Å². The van der Waals surface area contributed by atoms with Crippen molar-refractivity contribution in [3.63, 3.8) is 0 Å².